The van der Waals surface area contributed by atoms with Crippen LogP contribution in [0.4, 0.5) is 11.4 Å². The third-order valence-electron chi connectivity index (χ3n) is 5.93. The van der Waals surface area contributed by atoms with Crippen LogP contribution in [0.15, 0.2) is 18.2 Å². The zero-order valence-corrected chi connectivity index (χ0v) is 19.1. The molecular weight excluding hydrogens is 414 g/mol. The SMILES string of the molecule is CC(=O)N1CCN(c2ccc(C(=O)NCCCN3CC(C)OC(C)C3)cc2[N+](=O)[O-])CC1. The van der Waals surface area contributed by atoms with Crippen LogP contribution in [0.2, 0.25) is 0 Å². The number of amides is 2. The van der Waals surface area contributed by atoms with E-state index in [1.165, 1.54) is 13.0 Å². The Balaban J connectivity index is 1.55. The molecule has 2 amide bonds. The highest BCUT2D eigenvalue weighted by molar-refractivity contribution is 5.95. The van der Waals surface area contributed by atoms with Crippen molar-refractivity contribution in [1.82, 2.24) is 15.1 Å². The predicted octanol–water partition coefficient (Wildman–Crippen LogP) is 1.49. The summed E-state index contributed by atoms with van der Waals surface area (Å²) in [6.45, 7) is 10.9. The number of hydrogen-bond donors (Lipinski definition) is 1. The quantitative estimate of drug-likeness (QED) is 0.383. The van der Waals surface area contributed by atoms with Crippen molar-refractivity contribution in [3.8, 4) is 0 Å². The minimum Gasteiger partial charge on any atom is -0.373 e. The Bertz CT molecular complexity index is 830. The summed E-state index contributed by atoms with van der Waals surface area (Å²) in [6.07, 6.45) is 1.21. The molecule has 0 spiro atoms. The lowest BCUT2D eigenvalue weighted by atomic mass is 10.1. The Labute approximate surface area is 188 Å². The van der Waals surface area contributed by atoms with Gasteiger partial charge in [-0.15, -0.1) is 0 Å². The summed E-state index contributed by atoms with van der Waals surface area (Å²) in [5, 5.41) is 14.5. The van der Waals surface area contributed by atoms with E-state index in [0.717, 1.165) is 26.1 Å². The molecule has 1 aromatic rings. The zero-order valence-electron chi connectivity index (χ0n) is 19.1. The Kier molecular flexibility index (Phi) is 8.03. The van der Waals surface area contributed by atoms with Gasteiger partial charge in [0.25, 0.3) is 11.6 Å². The second kappa shape index (κ2) is 10.7. The smallest absolute Gasteiger partial charge is 0.293 e. The van der Waals surface area contributed by atoms with Gasteiger partial charge in [-0.25, -0.2) is 0 Å². The van der Waals surface area contributed by atoms with Gasteiger partial charge >= 0.3 is 0 Å². The van der Waals surface area contributed by atoms with E-state index in [-0.39, 0.29) is 35.3 Å². The van der Waals surface area contributed by atoms with Gasteiger partial charge in [-0.3, -0.25) is 24.6 Å². The van der Waals surface area contributed by atoms with Crippen molar-refractivity contribution < 1.29 is 19.2 Å². The number of morpholine rings is 1. The van der Waals surface area contributed by atoms with Crippen LogP contribution in [0.1, 0.15) is 37.6 Å². The van der Waals surface area contributed by atoms with Gasteiger partial charge in [0.05, 0.1) is 17.1 Å². The predicted molar refractivity (Wildman–Crippen MR) is 121 cm³/mol. The largest absolute Gasteiger partial charge is 0.373 e. The minimum atomic E-state index is -0.454. The Hall–Kier alpha value is -2.72. The zero-order chi connectivity index (χ0) is 23.3. The van der Waals surface area contributed by atoms with Crippen molar-refractivity contribution in [2.45, 2.75) is 39.4 Å². The van der Waals surface area contributed by atoms with E-state index in [0.29, 0.717) is 38.4 Å². The third-order valence-corrected chi connectivity index (χ3v) is 5.93. The van der Waals surface area contributed by atoms with E-state index >= 15 is 0 Å². The molecule has 2 fully saturated rings. The highest BCUT2D eigenvalue weighted by Gasteiger charge is 2.26. The molecule has 0 aliphatic carbocycles. The number of benzene rings is 1. The highest BCUT2D eigenvalue weighted by Crippen LogP contribution is 2.30. The van der Waals surface area contributed by atoms with Crippen molar-refractivity contribution in [3.63, 3.8) is 0 Å². The van der Waals surface area contributed by atoms with E-state index in [9.17, 15) is 19.7 Å². The molecule has 2 atom stereocenters. The topological polar surface area (TPSA) is 108 Å². The molecule has 0 bridgehead atoms. The van der Waals surface area contributed by atoms with Crippen LogP contribution in [-0.4, -0.2) is 91.1 Å². The summed E-state index contributed by atoms with van der Waals surface area (Å²) in [4.78, 5) is 41.2. The second-order valence-corrected chi connectivity index (χ2v) is 8.58. The van der Waals surface area contributed by atoms with Crippen LogP contribution in [0, 0.1) is 10.1 Å². The number of piperazine rings is 1. The molecule has 2 unspecified atom stereocenters. The maximum atomic E-state index is 12.6. The van der Waals surface area contributed by atoms with Crippen molar-refractivity contribution in [2.75, 3.05) is 57.3 Å². The lowest BCUT2D eigenvalue weighted by Gasteiger charge is -2.35. The van der Waals surface area contributed by atoms with Crippen LogP contribution in [0.25, 0.3) is 0 Å². The van der Waals surface area contributed by atoms with Crippen LogP contribution in [0.3, 0.4) is 0 Å². The Morgan fingerprint density at radius 1 is 1.16 bits per heavy atom. The lowest BCUT2D eigenvalue weighted by molar-refractivity contribution is -0.384. The van der Waals surface area contributed by atoms with Gasteiger partial charge in [0.1, 0.15) is 5.69 Å². The summed E-state index contributed by atoms with van der Waals surface area (Å²) in [7, 11) is 0. The van der Waals surface area contributed by atoms with E-state index in [2.05, 4.69) is 24.1 Å². The van der Waals surface area contributed by atoms with Crippen molar-refractivity contribution in [1.29, 1.82) is 0 Å². The average molecular weight is 448 g/mol. The molecule has 0 saturated carbocycles. The first-order valence-corrected chi connectivity index (χ1v) is 11.2. The van der Waals surface area contributed by atoms with Gasteiger partial charge in [-0.1, -0.05) is 0 Å². The number of nitrogens with one attached hydrogen (secondary N) is 1. The first kappa shape index (κ1) is 23.9. The van der Waals surface area contributed by atoms with Gasteiger partial charge in [-0.05, 0) is 32.4 Å². The first-order chi connectivity index (χ1) is 15.2. The Morgan fingerprint density at radius 2 is 1.81 bits per heavy atom. The molecule has 0 radical (unpaired) electrons. The van der Waals surface area contributed by atoms with Gasteiger partial charge in [0.2, 0.25) is 5.91 Å². The molecular formula is C22H33N5O5. The minimum absolute atomic E-state index is 0.00353. The number of carbonyl (C=O) groups excluding carboxylic acids is 2. The molecule has 1 aromatic carbocycles. The second-order valence-electron chi connectivity index (χ2n) is 8.58. The number of rotatable bonds is 7. The number of anilines is 1. The van der Waals surface area contributed by atoms with Gasteiger partial charge in [0.15, 0.2) is 0 Å². The highest BCUT2D eigenvalue weighted by atomic mass is 16.6. The normalized spacial score (nSPS) is 22.0. The van der Waals surface area contributed by atoms with Crippen LogP contribution >= 0.6 is 0 Å². The van der Waals surface area contributed by atoms with E-state index in [4.69, 9.17) is 4.74 Å². The first-order valence-electron chi connectivity index (χ1n) is 11.2. The monoisotopic (exact) mass is 447 g/mol. The molecule has 2 saturated heterocycles. The molecule has 2 heterocycles. The molecule has 0 aromatic heterocycles. The van der Waals surface area contributed by atoms with E-state index < -0.39 is 4.92 Å². The molecule has 32 heavy (non-hydrogen) atoms. The fourth-order valence-corrected chi connectivity index (χ4v) is 4.41. The number of hydrogen-bond acceptors (Lipinski definition) is 7. The number of ether oxygens (including phenoxy) is 1. The van der Waals surface area contributed by atoms with Gasteiger partial charge in [0, 0.05) is 70.9 Å². The van der Waals surface area contributed by atoms with Gasteiger partial charge in [-0.2, -0.15) is 0 Å². The average Bonchev–Trinajstić information content (AvgIpc) is 2.75. The fraction of sp³-hybridized carbons (Fsp3) is 0.636. The summed E-state index contributed by atoms with van der Waals surface area (Å²) in [5.41, 5.74) is 0.659. The summed E-state index contributed by atoms with van der Waals surface area (Å²) in [5.74, 6) is -0.312. The molecule has 10 nitrogen and oxygen atoms in total. The van der Waals surface area contributed by atoms with E-state index in [1.54, 1.807) is 17.0 Å². The summed E-state index contributed by atoms with van der Waals surface area (Å²) >= 11 is 0. The molecule has 1 N–H and O–H groups in total. The molecule has 176 valence electrons. The lowest BCUT2D eigenvalue weighted by Crippen LogP contribution is -2.48. The maximum Gasteiger partial charge on any atom is 0.293 e. The summed E-state index contributed by atoms with van der Waals surface area (Å²) in [6, 6.07) is 4.60. The van der Waals surface area contributed by atoms with Crippen molar-refractivity contribution >= 4 is 23.2 Å². The van der Waals surface area contributed by atoms with Crippen molar-refractivity contribution in [2.24, 2.45) is 0 Å². The van der Waals surface area contributed by atoms with Crippen LogP contribution in [-0.2, 0) is 9.53 Å². The molecule has 10 heteroatoms. The third kappa shape index (κ3) is 6.17. The fourth-order valence-electron chi connectivity index (χ4n) is 4.41. The number of nitrogens with zero attached hydrogens (tertiary/aromatic N) is 4. The molecule has 3 rings (SSSR count). The van der Waals surface area contributed by atoms with Crippen LogP contribution < -0.4 is 10.2 Å². The number of nitro benzene ring substituents is 1. The van der Waals surface area contributed by atoms with Crippen LogP contribution in [0.5, 0.6) is 0 Å². The summed E-state index contributed by atoms with van der Waals surface area (Å²) < 4.78 is 5.73. The number of carbonyl (C=O) groups is 2. The van der Waals surface area contributed by atoms with Crippen molar-refractivity contribution in [3.05, 3.63) is 33.9 Å². The molecule has 2 aliphatic heterocycles. The standard InChI is InChI=1S/C22H33N5O5/c1-16-14-24(15-17(2)32-16)8-4-7-23-22(29)19-5-6-20(21(13-19)27(30)31)26-11-9-25(10-12-26)18(3)28/h5-6,13,16-17H,4,7-12,14-15H2,1-3H3,(H,23,29). The van der Waals surface area contributed by atoms with E-state index in [1.807, 2.05) is 4.90 Å². The number of nitro groups is 1. The maximum absolute atomic E-state index is 12.6. The molecule has 2 aliphatic rings. The van der Waals surface area contributed by atoms with Gasteiger partial charge < -0.3 is 19.9 Å². The Morgan fingerprint density at radius 3 is 2.41 bits per heavy atom.